The molecule has 0 fully saturated rings. The lowest BCUT2D eigenvalue weighted by Gasteiger charge is -2.26. The zero-order valence-corrected chi connectivity index (χ0v) is 29.2. The van der Waals surface area contributed by atoms with E-state index in [-0.39, 0.29) is 23.7 Å². The maximum Gasteiger partial charge on any atom is 0.253 e. The summed E-state index contributed by atoms with van der Waals surface area (Å²) in [6.45, 7) is 19.0. The van der Waals surface area contributed by atoms with Gasteiger partial charge in [0.25, 0.3) is 11.8 Å². The minimum atomic E-state index is -0.883. The van der Waals surface area contributed by atoms with E-state index in [2.05, 4.69) is 40.0 Å². The molecule has 11 heteroatoms. The molecule has 3 atom stereocenters. The SMILES string of the molecule is CCN(CC)CCNC(=O)c1ccc(C(=O)N[C@@H](CC(C)C)C(=O)N[C@@H](CC(C)C)C(=O)N[C@H](C=O)CC(C)C)c([125I])c1. The summed E-state index contributed by atoms with van der Waals surface area (Å²) in [5.41, 5.74) is 0.798. The second-order valence-electron chi connectivity index (χ2n) is 12.2. The third kappa shape index (κ3) is 14.2. The zero-order valence-electron chi connectivity index (χ0n) is 27.1. The lowest BCUT2D eigenvalue weighted by molar-refractivity contribution is -0.131. The van der Waals surface area contributed by atoms with Crippen LogP contribution in [0, 0.1) is 21.3 Å². The molecule has 1 aromatic carbocycles. The Balaban J connectivity index is 3.02. The van der Waals surface area contributed by atoms with E-state index < -0.39 is 35.8 Å². The van der Waals surface area contributed by atoms with Gasteiger partial charge in [0.1, 0.15) is 18.4 Å². The molecule has 0 saturated carbocycles. The van der Waals surface area contributed by atoms with Crippen molar-refractivity contribution in [1.29, 1.82) is 0 Å². The van der Waals surface area contributed by atoms with Crippen molar-refractivity contribution in [3.8, 4) is 0 Å². The Kier molecular flexibility index (Phi) is 17.6. The van der Waals surface area contributed by atoms with Crippen LogP contribution in [-0.4, -0.2) is 79.1 Å². The summed E-state index contributed by atoms with van der Waals surface area (Å²) in [7, 11) is 0. The molecule has 0 unspecified atom stereocenters. The van der Waals surface area contributed by atoms with Gasteiger partial charge < -0.3 is 31.0 Å². The van der Waals surface area contributed by atoms with Crippen LogP contribution < -0.4 is 21.3 Å². The minimum absolute atomic E-state index is 0.0837. The van der Waals surface area contributed by atoms with Gasteiger partial charge in [-0.05, 0) is 90.9 Å². The fourth-order valence-corrected chi connectivity index (χ4v) is 5.42. The number of hydrogen-bond donors (Lipinski definition) is 4. The largest absolute Gasteiger partial charge is 0.351 e. The van der Waals surface area contributed by atoms with Crippen LogP contribution in [0.1, 0.15) is 95.4 Å². The normalized spacial score (nSPS) is 13.5. The smallest absolute Gasteiger partial charge is 0.253 e. The van der Waals surface area contributed by atoms with E-state index in [4.69, 9.17) is 0 Å². The van der Waals surface area contributed by atoms with Gasteiger partial charge in [-0.2, -0.15) is 0 Å². The number of rotatable bonds is 19. The van der Waals surface area contributed by atoms with Crippen molar-refractivity contribution in [2.45, 2.75) is 92.8 Å². The van der Waals surface area contributed by atoms with Crippen molar-refractivity contribution in [1.82, 2.24) is 26.2 Å². The number of amides is 4. The molecule has 0 saturated heterocycles. The molecule has 0 aliphatic heterocycles. The van der Waals surface area contributed by atoms with Crippen LogP contribution in [0.25, 0.3) is 0 Å². The maximum atomic E-state index is 13.5. The van der Waals surface area contributed by atoms with E-state index in [1.807, 2.05) is 64.1 Å². The summed E-state index contributed by atoms with van der Waals surface area (Å²) < 4.78 is 0.581. The standard InChI is InChI=1S/C32H52IN5O5/c1-9-38(10-2)14-13-34-29(40)23-11-12-25(26(33)18-23)30(41)36-28(17-22(7)8)32(43)37-27(16-21(5)6)31(42)35-24(19-39)15-20(3)4/h11-12,18-22,24,27-28H,9-10,13-17H2,1-8H3,(H,34,40)(H,35,42)(H,36,41)(H,37,43)/t24-,27-,28-/m0/s1/i33-2. The summed E-state index contributed by atoms with van der Waals surface area (Å²) in [5, 5.41) is 11.3. The number of halogens is 1. The van der Waals surface area contributed by atoms with E-state index in [0.29, 0.717) is 40.5 Å². The number of benzene rings is 1. The van der Waals surface area contributed by atoms with Crippen LogP contribution >= 0.6 is 22.6 Å². The van der Waals surface area contributed by atoms with Gasteiger partial charge in [0, 0.05) is 22.2 Å². The Bertz CT molecular complexity index is 1070. The molecule has 4 amide bonds. The molecule has 0 aliphatic carbocycles. The molecule has 0 radical (unpaired) electrons. The van der Waals surface area contributed by atoms with Gasteiger partial charge in [-0.25, -0.2) is 0 Å². The van der Waals surface area contributed by atoms with E-state index in [0.717, 1.165) is 25.9 Å². The summed E-state index contributed by atoms with van der Waals surface area (Å²) in [4.78, 5) is 66.3. The molecular weight excluding hydrogens is 659 g/mol. The number of nitrogens with one attached hydrogen (secondary N) is 4. The topological polar surface area (TPSA) is 137 Å². The highest BCUT2D eigenvalue weighted by Crippen LogP contribution is 2.17. The lowest BCUT2D eigenvalue weighted by Crippen LogP contribution is -2.55. The molecule has 0 aliphatic rings. The van der Waals surface area contributed by atoms with Gasteiger partial charge in [-0.1, -0.05) is 55.4 Å². The summed E-state index contributed by atoms with van der Waals surface area (Å²) in [5.74, 6) is -1.15. The fraction of sp³-hybridized carbons (Fsp3) is 0.656. The number of hydrogen-bond acceptors (Lipinski definition) is 6. The highest BCUT2D eigenvalue weighted by molar-refractivity contribution is 14.1. The molecule has 43 heavy (non-hydrogen) atoms. The average Bonchev–Trinajstić information content (AvgIpc) is 2.93. The minimum Gasteiger partial charge on any atom is -0.351 e. The Labute approximate surface area is 271 Å². The highest BCUT2D eigenvalue weighted by Gasteiger charge is 2.29. The van der Waals surface area contributed by atoms with Crippen LogP contribution in [0.4, 0.5) is 0 Å². The van der Waals surface area contributed by atoms with Gasteiger partial charge in [-0.3, -0.25) is 19.2 Å². The second kappa shape index (κ2) is 19.7. The number of carbonyl (C=O) groups is 5. The second-order valence-corrected chi connectivity index (χ2v) is 13.4. The highest BCUT2D eigenvalue weighted by atomic mass is 125. The molecule has 0 spiro atoms. The van der Waals surface area contributed by atoms with Crippen molar-refractivity contribution in [3.63, 3.8) is 0 Å². The van der Waals surface area contributed by atoms with Crippen LogP contribution in [0.2, 0.25) is 0 Å². The van der Waals surface area contributed by atoms with Crippen molar-refractivity contribution in [3.05, 3.63) is 32.9 Å². The first-order chi connectivity index (χ1) is 20.2. The Morgan fingerprint density at radius 1 is 0.791 bits per heavy atom. The molecule has 0 aromatic heterocycles. The maximum absolute atomic E-state index is 13.5. The third-order valence-corrected chi connectivity index (χ3v) is 7.86. The number of nitrogens with zero attached hydrogens (tertiary/aromatic N) is 1. The molecule has 0 bridgehead atoms. The van der Waals surface area contributed by atoms with Crippen molar-refractivity contribution < 1.29 is 24.0 Å². The summed E-state index contributed by atoms with van der Waals surface area (Å²) in [6.07, 6.45) is 1.96. The third-order valence-electron chi connectivity index (χ3n) is 6.97. The van der Waals surface area contributed by atoms with E-state index in [1.54, 1.807) is 18.2 Å². The van der Waals surface area contributed by atoms with Crippen molar-refractivity contribution in [2.75, 3.05) is 26.2 Å². The van der Waals surface area contributed by atoms with Crippen LogP contribution in [0.15, 0.2) is 18.2 Å². The Hall–Kier alpha value is -2.54. The number of carbonyl (C=O) groups excluding carboxylic acids is 5. The predicted octanol–water partition coefficient (Wildman–Crippen LogP) is 3.77. The van der Waals surface area contributed by atoms with Crippen molar-refractivity contribution in [2.24, 2.45) is 17.8 Å². The van der Waals surface area contributed by atoms with Crippen molar-refractivity contribution >= 4 is 52.5 Å². The molecule has 1 rings (SSSR count). The van der Waals surface area contributed by atoms with Gasteiger partial charge in [0.05, 0.1) is 11.6 Å². The number of likely N-dealkylation sites (N-methyl/N-ethyl adjacent to an activating group) is 1. The molecular formula is C32H52IN5O5. The predicted molar refractivity (Wildman–Crippen MR) is 179 cm³/mol. The van der Waals surface area contributed by atoms with Crippen LogP contribution in [0.5, 0.6) is 0 Å². The van der Waals surface area contributed by atoms with Gasteiger partial charge >= 0.3 is 0 Å². The van der Waals surface area contributed by atoms with Gasteiger partial charge in [0.15, 0.2) is 0 Å². The van der Waals surface area contributed by atoms with E-state index in [9.17, 15) is 24.0 Å². The van der Waals surface area contributed by atoms with Crippen LogP contribution in [-0.2, 0) is 14.4 Å². The van der Waals surface area contributed by atoms with E-state index in [1.165, 1.54) is 0 Å². The first-order valence-electron chi connectivity index (χ1n) is 15.4. The number of aldehydes is 1. The monoisotopic (exact) mass is 711 g/mol. The Morgan fingerprint density at radius 3 is 1.81 bits per heavy atom. The molecule has 1 aromatic rings. The summed E-state index contributed by atoms with van der Waals surface area (Å²) in [6, 6.07) is 2.47. The molecule has 10 nitrogen and oxygen atoms in total. The molecule has 4 N–H and O–H groups in total. The zero-order chi connectivity index (χ0) is 32.7. The Morgan fingerprint density at radius 2 is 1.33 bits per heavy atom. The van der Waals surface area contributed by atoms with E-state index >= 15 is 0 Å². The van der Waals surface area contributed by atoms with Gasteiger partial charge in [0.2, 0.25) is 11.8 Å². The first-order valence-corrected chi connectivity index (χ1v) is 16.5. The molecule has 0 heterocycles. The fourth-order valence-electron chi connectivity index (χ4n) is 4.66. The molecule has 242 valence electrons. The average molecular weight is 712 g/mol. The summed E-state index contributed by atoms with van der Waals surface area (Å²) >= 11 is 2.02. The lowest BCUT2D eigenvalue weighted by atomic mass is 9.99. The van der Waals surface area contributed by atoms with Crippen LogP contribution in [0.3, 0.4) is 0 Å². The quantitative estimate of drug-likeness (QED) is 0.128. The first kappa shape index (κ1) is 38.5. The van der Waals surface area contributed by atoms with Gasteiger partial charge in [-0.15, -0.1) is 0 Å².